The normalized spacial score (nSPS) is 11.4. The Hall–Kier alpha value is -3.66. The average molecular weight is 437 g/mol. The van der Waals surface area contributed by atoms with Gasteiger partial charge in [-0.05, 0) is 54.3 Å². The summed E-state index contributed by atoms with van der Waals surface area (Å²) in [5.74, 6) is 0. The molecule has 4 nitrogen and oxygen atoms in total. The Morgan fingerprint density at radius 2 is 1.87 bits per heavy atom. The number of aromatic nitrogens is 2. The van der Waals surface area contributed by atoms with Gasteiger partial charge in [-0.3, -0.25) is 0 Å². The van der Waals surface area contributed by atoms with Gasteiger partial charge in [0.25, 0.3) is 0 Å². The SMILES string of the molecule is Cc1c(Nc2c(C#N)cnc3sc(-c4cc5ccccc5s4)cc23)ccc2[nH]ccc12. The molecule has 148 valence electrons. The summed E-state index contributed by atoms with van der Waals surface area (Å²) in [5.41, 5.74) is 4.60. The van der Waals surface area contributed by atoms with E-state index in [2.05, 4.69) is 82.9 Å². The Balaban J connectivity index is 1.51. The van der Waals surface area contributed by atoms with Crippen molar-refractivity contribution >= 4 is 65.3 Å². The second-order valence-electron chi connectivity index (χ2n) is 7.44. The van der Waals surface area contributed by atoms with Gasteiger partial charge in [-0.2, -0.15) is 5.26 Å². The fourth-order valence-corrected chi connectivity index (χ4v) is 6.13. The van der Waals surface area contributed by atoms with Crippen LogP contribution in [-0.2, 0) is 0 Å². The summed E-state index contributed by atoms with van der Waals surface area (Å²) in [4.78, 5) is 11.1. The second kappa shape index (κ2) is 6.95. The van der Waals surface area contributed by atoms with Crippen LogP contribution in [0, 0.1) is 18.3 Å². The number of hydrogen-bond donors (Lipinski definition) is 2. The van der Waals surface area contributed by atoms with E-state index in [1.807, 2.05) is 6.20 Å². The quantitative estimate of drug-likeness (QED) is 0.300. The van der Waals surface area contributed by atoms with Crippen LogP contribution in [0.1, 0.15) is 11.1 Å². The second-order valence-corrected chi connectivity index (χ2v) is 9.55. The molecule has 2 aromatic carbocycles. The number of thiophene rings is 2. The van der Waals surface area contributed by atoms with Crippen LogP contribution in [0.4, 0.5) is 11.4 Å². The standard InChI is InChI=1S/C25H16N4S2/c1-14-17-8-9-27-20(17)7-6-19(14)29-24-16(12-26)13-28-25-18(24)11-23(31-25)22-10-15-4-2-3-5-21(15)30-22/h2-11,13,27H,1H3,(H,28,29). The molecule has 2 N–H and O–H groups in total. The third-order valence-electron chi connectivity index (χ3n) is 5.61. The first kappa shape index (κ1) is 18.1. The zero-order valence-corrected chi connectivity index (χ0v) is 18.2. The number of fused-ring (bicyclic) bond motifs is 3. The van der Waals surface area contributed by atoms with Crippen LogP contribution >= 0.6 is 22.7 Å². The molecule has 6 rings (SSSR count). The summed E-state index contributed by atoms with van der Waals surface area (Å²) < 4.78 is 1.27. The predicted molar refractivity (Wildman–Crippen MR) is 131 cm³/mol. The number of H-pyrrole nitrogens is 1. The fraction of sp³-hybridized carbons (Fsp3) is 0.0400. The number of anilines is 2. The van der Waals surface area contributed by atoms with E-state index in [0.717, 1.165) is 32.7 Å². The largest absolute Gasteiger partial charge is 0.361 e. The lowest BCUT2D eigenvalue weighted by Gasteiger charge is -2.12. The van der Waals surface area contributed by atoms with Gasteiger partial charge in [-0.15, -0.1) is 22.7 Å². The first-order chi connectivity index (χ1) is 15.2. The Morgan fingerprint density at radius 1 is 1.00 bits per heavy atom. The van der Waals surface area contributed by atoms with Crippen LogP contribution in [0.2, 0.25) is 0 Å². The van der Waals surface area contributed by atoms with E-state index in [4.69, 9.17) is 0 Å². The number of hydrogen-bond acceptors (Lipinski definition) is 5. The lowest BCUT2D eigenvalue weighted by atomic mass is 10.1. The summed E-state index contributed by atoms with van der Waals surface area (Å²) in [5, 5.41) is 16.7. The minimum atomic E-state index is 0.543. The molecule has 6 aromatic rings. The van der Waals surface area contributed by atoms with Crippen molar-refractivity contribution in [3.8, 4) is 15.8 Å². The van der Waals surface area contributed by atoms with E-state index in [1.54, 1.807) is 28.9 Å². The van der Waals surface area contributed by atoms with E-state index in [1.165, 1.54) is 25.2 Å². The van der Waals surface area contributed by atoms with Crippen molar-refractivity contribution in [3.63, 3.8) is 0 Å². The third kappa shape index (κ3) is 2.90. The summed E-state index contributed by atoms with van der Waals surface area (Å²) in [7, 11) is 0. The molecule has 0 bridgehead atoms. The molecular formula is C25H16N4S2. The van der Waals surface area contributed by atoms with Gasteiger partial charge in [-0.25, -0.2) is 4.98 Å². The summed E-state index contributed by atoms with van der Waals surface area (Å²) in [6, 6.07) is 21.3. The van der Waals surface area contributed by atoms with Gasteiger partial charge < -0.3 is 10.3 Å². The third-order valence-corrected chi connectivity index (χ3v) is 7.97. The number of nitriles is 1. The maximum absolute atomic E-state index is 9.75. The Kier molecular flexibility index (Phi) is 4.06. The molecule has 31 heavy (non-hydrogen) atoms. The van der Waals surface area contributed by atoms with Crippen molar-refractivity contribution in [1.82, 2.24) is 9.97 Å². The molecule has 0 spiro atoms. The predicted octanol–water partition coefficient (Wildman–Crippen LogP) is 7.58. The van der Waals surface area contributed by atoms with Gasteiger partial charge in [0, 0.05) is 48.8 Å². The lowest BCUT2D eigenvalue weighted by molar-refractivity contribution is 1.38. The van der Waals surface area contributed by atoms with E-state index in [0.29, 0.717) is 5.56 Å². The summed E-state index contributed by atoms with van der Waals surface area (Å²) >= 11 is 3.45. The van der Waals surface area contributed by atoms with Crippen LogP contribution in [0.3, 0.4) is 0 Å². The number of aromatic amines is 1. The zero-order valence-electron chi connectivity index (χ0n) is 16.6. The van der Waals surface area contributed by atoms with Crippen molar-refractivity contribution in [1.29, 1.82) is 5.26 Å². The molecule has 4 heterocycles. The Labute approximate surface area is 186 Å². The molecule has 0 atom stereocenters. The van der Waals surface area contributed by atoms with Crippen LogP contribution in [0.5, 0.6) is 0 Å². The molecule has 0 aliphatic heterocycles. The molecule has 0 saturated heterocycles. The molecule has 0 aliphatic rings. The minimum absolute atomic E-state index is 0.543. The minimum Gasteiger partial charge on any atom is -0.361 e. The summed E-state index contributed by atoms with van der Waals surface area (Å²) in [6.45, 7) is 2.10. The zero-order chi connectivity index (χ0) is 20.9. The highest BCUT2D eigenvalue weighted by atomic mass is 32.1. The number of nitrogens with one attached hydrogen (secondary N) is 2. The van der Waals surface area contributed by atoms with E-state index < -0.39 is 0 Å². The summed E-state index contributed by atoms with van der Waals surface area (Å²) in [6.07, 6.45) is 3.61. The highest BCUT2D eigenvalue weighted by molar-refractivity contribution is 7.28. The topological polar surface area (TPSA) is 64.5 Å². The van der Waals surface area contributed by atoms with E-state index >= 15 is 0 Å². The van der Waals surface area contributed by atoms with Gasteiger partial charge in [0.2, 0.25) is 0 Å². The molecule has 0 amide bonds. The molecule has 6 heteroatoms. The van der Waals surface area contributed by atoms with Gasteiger partial charge in [0.1, 0.15) is 10.9 Å². The number of pyridine rings is 1. The maximum atomic E-state index is 9.75. The van der Waals surface area contributed by atoms with E-state index in [-0.39, 0.29) is 0 Å². The van der Waals surface area contributed by atoms with Gasteiger partial charge >= 0.3 is 0 Å². The first-order valence-electron chi connectivity index (χ1n) is 9.86. The van der Waals surface area contributed by atoms with Crippen LogP contribution in [-0.4, -0.2) is 9.97 Å². The molecule has 0 unspecified atom stereocenters. The molecule has 0 aliphatic carbocycles. The molecular weight excluding hydrogens is 420 g/mol. The monoisotopic (exact) mass is 436 g/mol. The number of nitrogens with zero attached hydrogens (tertiary/aromatic N) is 2. The first-order valence-corrected chi connectivity index (χ1v) is 11.5. The molecule has 4 aromatic heterocycles. The smallest absolute Gasteiger partial charge is 0.126 e. The van der Waals surface area contributed by atoms with Gasteiger partial charge in [0.05, 0.1) is 11.3 Å². The number of benzene rings is 2. The van der Waals surface area contributed by atoms with E-state index in [9.17, 15) is 5.26 Å². The van der Waals surface area contributed by atoms with Crippen molar-refractivity contribution in [3.05, 3.63) is 78.1 Å². The average Bonchev–Trinajstić information content (AvgIpc) is 3.53. The van der Waals surface area contributed by atoms with Crippen LogP contribution in [0.25, 0.3) is 41.0 Å². The van der Waals surface area contributed by atoms with Gasteiger partial charge in [-0.1, -0.05) is 18.2 Å². The fourth-order valence-electron chi connectivity index (χ4n) is 3.99. The highest BCUT2D eigenvalue weighted by Gasteiger charge is 2.16. The Bertz CT molecular complexity index is 1610. The molecule has 0 saturated carbocycles. The highest BCUT2D eigenvalue weighted by Crippen LogP contribution is 2.42. The lowest BCUT2D eigenvalue weighted by Crippen LogP contribution is -1.97. The van der Waals surface area contributed by atoms with Crippen molar-refractivity contribution in [2.45, 2.75) is 6.92 Å². The maximum Gasteiger partial charge on any atom is 0.126 e. The van der Waals surface area contributed by atoms with Crippen molar-refractivity contribution in [2.75, 3.05) is 5.32 Å². The van der Waals surface area contributed by atoms with Gasteiger partial charge in [0.15, 0.2) is 0 Å². The Morgan fingerprint density at radius 3 is 2.74 bits per heavy atom. The van der Waals surface area contributed by atoms with Crippen molar-refractivity contribution < 1.29 is 0 Å². The van der Waals surface area contributed by atoms with Crippen LogP contribution in [0.15, 0.2) is 67.0 Å². The number of aryl methyl sites for hydroxylation is 1. The van der Waals surface area contributed by atoms with Crippen LogP contribution < -0.4 is 5.32 Å². The molecule has 0 fully saturated rings. The van der Waals surface area contributed by atoms with Crippen molar-refractivity contribution in [2.24, 2.45) is 0 Å². The number of rotatable bonds is 3. The molecule has 0 radical (unpaired) electrons.